The Labute approximate surface area is 179 Å². The predicted octanol–water partition coefficient (Wildman–Crippen LogP) is 3.65. The summed E-state index contributed by atoms with van der Waals surface area (Å²) in [6, 6.07) is 9.58. The average molecular weight is 426 g/mol. The summed E-state index contributed by atoms with van der Waals surface area (Å²) in [4.78, 5) is 20.4. The quantitative estimate of drug-likeness (QED) is 0.675. The number of hydrogen-bond acceptors (Lipinski definition) is 5. The van der Waals surface area contributed by atoms with Crippen LogP contribution in [0.25, 0.3) is 5.69 Å². The van der Waals surface area contributed by atoms with E-state index in [4.69, 9.17) is 0 Å². The molecule has 7 nitrogen and oxygen atoms in total. The van der Waals surface area contributed by atoms with Crippen molar-refractivity contribution in [3.63, 3.8) is 0 Å². The number of carbonyl (C=O) groups is 1. The van der Waals surface area contributed by atoms with Crippen molar-refractivity contribution in [3.8, 4) is 5.69 Å². The minimum Gasteiger partial charge on any atom is -0.367 e. The topological polar surface area (TPSA) is 66.3 Å². The van der Waals surface area contributed by atoms with Gasteiger partial charge in [-0.2, -0.15) is 4.98 Å². The van der Waals surface area contributed by atoms with E-state index in [9.17, 15) is 13.6 Å². The van der Waals surface area contributed by atoms with Crippen LogP contribution in [-0.2, 0) is 4.79 Å². The number of aromatic nitrogens is 3. The second-order valence-corrected chi connectivity index (χ2v) is 8.07. The maximum atomic E-state index is 13.5. The van der Waals surface area contributed by atoms with Gasteiger partial charge in [0.2, 0.25) is 11.9 Å². The first-order valence-electron chi connectivity index (χ1n) is 10.3. The lowest BCUT2D eigenvalue weighted by molar-refractivity contribution is -0.130. The summed E-state index contributed by atoms with van der Waals surface area (Å²) in [7, 11) is 0. The first-order chi connectivity index (χ1) is 14.9. The number of benzene rings is 2. The molecule has 0 radical (unpaired) electrons. The zero-order chi connectivity index (χ0) is 21.5. The molecule has 2 saturated heterocycles. The molecule has 162 valence electrons. The van der Waals surface area contributed by atoms with Crippen molar-refractivity contribution in [1.82, 2.24) is 19.7 Å². The Morgan fingerprint density at radius 3 is 2.55 bits per heavy atom. The fourth-order valence-corrected chi connectivity index (χ4v) is 4.18. The number of rotatable bonds is 5. The summed E-state index contributed by atoms with van der Waals surface area (Å²) in [6.45, 7) is 4.53. The molecule has 3 aromatic rings. The van der Waals surface area contributed by atoms with Gasteiger partial charge in [0.25, 0.3) is 0 Å². The van der Waals surface area contributed by atoms with E-state index in [2.05, 4.69) is 26.4 Å². The van der Waals surface area contributed by atoms with Gasteiger partial charge < -0.3 is 15.1 Å². The first kappa shape index (κ1) is 19.5. The summed E-state index contributed by atoms with van der Waals surface area (Å²) in [5, 5.41) is 7.43. The Morgan fingerprint density at radius 1 is 1.06 bits per heavy atom. The lowest BCUT2D eigenvalue weighted by atomic mass is 10.0. The van der Waals surface area contributed by atoms with E-state index in [1.807, 2.05) is 24.0 Å². The van der Waals surface area contributed by atoms with E-state index in [0.29, 0.717) is 12.4 Å². The van der Waals surface area contributed by atoms with E-state index in [1.165, 1.54) is 23.1 Å². The third kappa shape index (κ3) is 3.95. The molecular formula is C22H24F2N6O. The van der Waals surface area contributed by atoms with Gasteiger partial charge in [0, 0.05) is 44.9 Å². The van der Waals surface area contributed by atoms with Crippen LogP contribution in [-0.4, -0.2) is 51.2 Å². The molecule has 1 amide bonds. The predicted molar refractivity (Wildman–Crippen MR) is 115 cm³/mol. The van der Waals surface area contributed by atoms with Gasteiger partial charge in [-0.05, 0) is 49.2 Å². The van der Waals surface area contributed by atoms with Crippen LogP contribution in [0, 0.1) is 18.6 Å². The number of halogens is 2. The maximum Gasteiger partial charge on any atom is 0.246 e. The van der Waals surface area contributed by atoms with Crippen molar-refractivity contribution in [2.75, 3.05) is 29.9 Å². The van der Waals surface area contributed by atoms with Gasteiger partial charge in [-0.15, -0.1) is 5.10 Å². The number of aryl methyl sites for hydroxylation is 1. The summed E-state index contributed by atoms with van der Waals surface area (Å²) >= 11 is 0. The third-order valence-electron chi connectivity index (χ3n) is 5.70. The lowest BCUT2D eigenvalue weighted by Gasteiger charge is -2.45. The Hall–Kier alpha value is -3.49. The molecule has 3 heterocycles. The van der Waals surface area contributed by atoms with Crippen LogP contribution in [0.5, 0.6) is 0 Å². The minimum absolute atomic E-state index is 0. The Kier molecular flexibility index (Phi) is 4.80. The Morgan fingerprint density at radius 2 is 1.84 bits per heavy atom. The Balaban J connectivity index is 0.00000245. The molecule has 2 aliphatic rings. The van der Waals surface area contributed by atoms with E-state index in [-0.39, 0.29) is 19.1 Å². The van der Waals surface area contributed by atoms with Crippen molar-refractivity contribution in [2.45, 2.75) is 25.8 Å². The molecule has 0 unspecified atom stereocenters. The van der Waals surface area contributed by atoms with Gasteiger partial charge in [0.05, 0.1) is 11.7 Å². The summed E-state index contributed by atoms with van der Waals surface area (Å²) in [5.74, 6) is -0.764. The molecule has 2 aliphatic heterocycles. The molecule has 0 spiro atoms. The lowest BCUT2D eigenvalue weighted by Crippen LogP contribution is -2.59. The third-order valence-corrected chi connectivity index (χ3v) is 5.70. The van der Waals surface area contributed by atoms with Crippen molar-refractivity contribution >= 4 is 23.2 Å². The molecule has 1 N–H and O–H groups in total. The maximum absolute atomic E-state index is 13.5. The zero-order valence-corrected chi connectivity index (χ0v) is 17.1. The van der Waals surface area contributed by atoms with E-state index >= 15 is 0 Å². The monoisotopic (exact) mass is 426 g/mol. The van der Waals surface area contributed by atoms with Crippen LogP contribution in [0.4, 0.5) is 26.1 Å². The molecule has 0 aliphatic carbocycles. The first-order valence-corrected chi connectivity index (χ1v) is 10.3. The number of amides is 1. The van der Waals surface area contributed by atoms with E-state index in [0.717, 1.165) is 49.1 Å². The summed E-state index contributed by atoms with van der Waals surface area (Å²) in [6.07, 6.45) is 3.02. The highest BCUT2D eigenvalue weighted by molar-refractivity contribution is 5.79. The molecule has 0 bridgehead atoms. The zero-order valence-electron chi connectivity index (χ0n) is 17.1. The number of anilines is 3. The van der Waals surface area contributed by atoms with Gasteiger partial charge in [0.15, 0.2) is 0 Å². The van der Waals surface area contributed by atoms with Crippen LogP contribution >= 0.6 is 0 Å². The molecule has 1 aromatic heterocycles. The van der Waals surface area contributed by atoms with Crippen LogP contribution < -0.4 is 10.2 Å². The number of likely N-dealkylation sites (tertiary alicyclic amines) is 1. The van der Waals surface area contributed by atoms with Crippen molar-refractivity contribution in [1.29, 1.82) is 0 Å². The van der Waals surface area contributed by atoms with Crippen molar-refractivity contribution < 1.29 is 15.0 Å². The highest BCUT2D eigenvalue weighted by atomic mass is 19.1. The summed E-state index contributed by atoms with van der Waals surface area (Å²) < 4.78 is 28.3. The minimum atomic E-state index is -0.674. The SMILES string of the molecule is Cc1cc(Nc2ncn(-c3cc(F)cc(F)c3)n2)cc(N2CC(N3CCCC3=O)C2)c1.[HH]. The molecular weight excluding hydrogens is 402 g/mol. The smallest absolute Gasteiger partial charge is 0.246 e. The Bertz CT molecular complexity index is 1130. The van der Waals surface area contributed by atoms with Gasteiger partial charge in [-0.1, -0.05) is 0 Å². The fraction of sp³-hybridized carbons (Fsp3) is 0.318. The number of hydrogen-bond donors (Lipinski definition) is 1. The normalized spacial score (nSPS) is 16.7. The van der Waals surface area contributed by atoms with Gasteiger partial charge >= 0.3 is 0 Å². The van der Waals surface area contributed by atoms with Gasteiger partial charge in [-0.25, -0.2) is 13.5 Å². The van der Waals surface area contributed by atoms with E-state index < -0.39 is 11.6 Å². The molecule has 0 saturated carbocycles. The molecule has 2 fully saturated rings. The molecule has 9 heteroatoms. The van der Waals surface area contributed by atoms with E-state index in [1.54, 1.807) is 0 Å². The molecule has 31 heavy (non-hydrogen) atoms. The number of nitrogens with zero attached hydrogens (tertiary/aromatic N) is 5. The van der Waals surface area contributed by atoms with Crippen LogP contribution in [0.2, 0.25) is 0 Å². The highest BCUT2D eigenvalue weighted by Crippen LogP contribution is 2.30. The average Bonchev–Trinajstić information content (AvgIpc) is 3.29. The summed E-state index contributed by atoms with van der Waals surface area (Å²) in [5.41, 5.74) is 3.22. The molecule has 0 atom stereocenters. The van der Waals surface area contributed by atoms with Crippen LogP contribution in [0.15, 0.2) is 42.7 Å². The van der Waals surface area contributed by atoms with Crippen LogP contribution in [0.3, 0.4) is 0 Å². The van der Waals surface area contributed by atoms with Crippen molar-refractivity contribution in [3.05, 3.63) is 59.9 Å². The molecule has 2 aromatic carbocycles. The largest absolute Gasteiger partial charge is 0.367 e. The number of nitrogens with one attached hydrogen (secondary N) is 1. The number of carbonyl (C=O) groups excluding carboxylic acids is 1. The van der Waals surface area contributed by atoms with Crippen molar-refractivity contribution in [2.24, 2.45) is 0 Å². The standard InChI is InChI=1S/C22H22F2N6O.H2/c1-14-5-17(10-18(6-14)28-11-20(12-28)29-4-2-3-21(29)31)26-22-25-13-30(27-22)19-8-15(23)7-16(24)9-19;/h5-10,13,20H,2-4,11-12H2,1H3,(H,26,27);1H. The second-order valence-electron chi connectivity index (χ2n) is 8.07. The second kappa shape index (κ2) is 7.64. The molecule has 5 rings (SSSR count). The van der Waals surface area contributed by atoms with Gasteiger partial charge in [0.1, 0.15) is 18.0 Å². The fourth-order valence-electron chi connectivity index (χ4n) is 4.18. The highest BCUT2D eigenvalue weighted by Gasteiger charge is 2.36. The van der Waals surface area contributed by atoms with Crippen LogP contribution in [0.1, 0.15) is 19.8 Å². The van der Waals surface area contributed by atoms with Gasteiger partial charge in [-0.3, -0.25) is 4.79 Å².